The number of H-pyrrole nitrogens is 1. The zero-order valence-electron chi connectivity index (χ0n) is 11.6. The van der Waals surface area contributed by atoms with Crippen LogP contribution in [0.1, 0.15) is 24.3 Å². The van der Waals surface area contributed by atoms with Crippen LogP contribution in [-0.2, 0) is 0 Å². The Morgan fingerprint density at radius 1 is 1.42 bits per heavy atom. The van der Waals surface area contributed by atoms with Gasteiger partial charge in [0.05, 0.1) is 5.52 Å². The number of hydrogen-bond donors (Lipinski definition) is 2. The molecule has 1 amide bonds. The van der Waals surface area contributed by atoms with Gasteiger partial charge in [-0.2, -0.15) is 5.10 Å². The molecule has 1 heterocycles. The highest BCUT2D eigenvalue weighted by Crippen LogP contribution is 2.19. The van der Waals surface area contributed by atoms with Gasteiger partial charge in [0, 0.05) is 19.0 Å². The van der Waals surface area contributed by atoms with Crippen LogP contribution in [-0.4, -0.2) is 41.1 Å². The summed E-state index contributed by atoms with van der Waals surface area (Å²) in [6.45, 7) is 5.22. The van der Waals surface area contributed by atoms with Crippen molar-refractivity contribution in [2.75, 3.05) is 20.1 Å². The monoisotopic (exact) mass is 260 g/mol. The van der Waals surface area contributed by atoms with Gasteiger partial charge < -0.3 is 10.6 Å². The first-order valence-electron chi connectivity index (χ1n) is 6.33. The van der Waals surface area contributed by atoms with Gasteiger partial charge in [-0.3, -0.25) is 9.89 Å². The standard InChI is InChI=1S/C14H20N4O/c1-14(2,8-15)9-18(3)13(19)12-10-6-4-5-7-11(10)16-17-12/h4-7H,8-9,15H2,1-3H3,(H,16,17). The number of rotatable bonds is 4. The molecule has 5 nitrogen and oxygen atoms in total. The summed E-state index contributed by atoms with van der Waals surface area (Å²) in [5.74, 6) is -0.0843. The normalized spacial score (nSPS) is 11.8. The average Bonchev–Trinajstić information content (AvgIpc) is 2.81. The van der Waals surface area contributed by atoms with E-state index in [1.165, 1.54) is 0 Å². The maximum Gasteiger partial charge on any atom is 0.274 e. The van der Waals surface area contributed by atoms with Gasteiger partial charge in [-0.25, -0.2) is 0 Å². The van der Waals surface area contributed by atoms with E-state index >= 15 is 0 Å². The van der Waals surface area contributed by atoms with Crippen molar-refractivity contribution >= 4 is 16.8 Å². The number of nitrogens with one attached hydrogen (secondary N) is 1. The maximum absolute atomic E-state index is 12.4. The second kappa shape index (κ2) is 5.01. The fourth-order valence-electron chi connectivity index (χ4n) is 2.09. The summed E-state index contributed by atoms with van der Waals surface area (Å²) in [6, 6.07) is 7.62. The minimum atomic E-state index is -0.101. The summed E-state index contributed by atoms with van der Waals surface area (Å²) in [5.41, 5.74) is 6.94. The van der Waals surface area contributed by atoms with Crippen molar-refractivity contribution in [1.29, 1.82) is 0 Å². The second-order valence-corrected chi connectivity index (χ2v) is 5.65. The van der Waals surface area contributed by atoms with Crippen molar-refractivity contribution in [2.24, 2.45) is 11.1 Å². The van der Waals surface area contributed by atoms with Gasteiger partial charge in [0.15, 0.2) is 5.69 Å². The van der Waals surface area contributed by atoms with Crippen molar-refractivity contribution in [3.8, 4) is 0 Å². The summed E-state index contributed by atoms with van der Waals surface area (Å²) >= 11 is 0. The second-order valence-electron chi connectivity index (χ2n) is 5.65. The molecule has 1 aromatic heterocycles. The number of amides is 1. The smallest absolute Gasteiger partial charge is 0.274 e. The van der Waals surface area contributed by atoms with E-state index in [0.717, 1.165) is 10.9 Å². The van der Waals surface area contributed by atoms with Crippen LogP contribution in [0.25, 0.3) is 10.9 Å². The Labute approximate surface area is 112 Å². The lowest BCUT2D eigenvalue weighted by molar-refractivity contribution is 0.0736. The Bertz CT molecular complexity index is 588. The molecule has 0 atom stereocenters. The molecule has 0 saturated carbocycles. The van der Waals surface area contributed by atoms with Crippen molar-refractivity contribution in [3.05, 3.63) is 30.0 Å². The molecule has 0 saturated heterocycles. The minimum Gasteiger partial charge on any atom is -0.340 e. The van der Waals surface area contributed by atoms with E-state index in [2.05, 4.69) is 10.2 Å². The van der Waals surface area contributed by atoms with Gasteiger partial charge in [-0.1, -0.05) is 32.0 Å². The molecule has 19 heavy (non-hydrogen) atoms. The highest BCUT2D eigenvalue weighted by molar-refractivity contribution is 6.04. The topological polar surface area (TPSA) is 75.0 Å². The maximum atomic E-state index is 12.4. The van der Waals surface area contributed by atoms with E-state index in [-0.39, 0.29) is 11.3 Å². The molecule has 1 aromatic carbocycles. The van der Waals surface area contributed by atoms with E-state index in [0.29, 0.717) is 18.8 Å². The predicted octanol–water partition coefficient (Wildman–Crippen LogP) is 1.62. The average molecular weight is 260 g/mol. The number of aromatic amines is 1. The quantitative estimate of drug-likeness (QED) is 0.877. The lowest BCUT2D eigenvalue weighted by atomic mass is 9.93. The van der Waals surface area contributed by atoms with Crippen LogP contribution in [0.2, 0.25) is 0 Å². The van der Waals surface area contributed by atoms with Gasteiger partial charge in [0.2, 0.25) is 0 Å². The Balaban J connectivity index is 2.24. The number of nitrogens with two attached hydrogens (primary N) is 1. The molecular weight excluding hydrogens is 240 g/mol. The number of hydrogen-bond acceptors (Lipinski definition) is 3. The van der Waals surface area contributed by atoms with Crippen molar-refractivity contribution in [3.63, 3.8) is 0 Å². The van der Waals surface area contributed by atoms with Crippen LogP contribution in [0, 0.1) is 5.41 Å². The first-order valence-corrected chi connectivity index (χ1v) is 6.33. The van der Waals surface area contributed by atoms with Gasteiger partial charge in [-0.15, -0.1) is 0 Å². The van der Waals surface area contributed by atoms with E-state index in [1.54, 1.807) is 11.9 Å². The van der Waals surface area contributed by atoms with Crippen molar-refractivity contribution in [2.45, 2.75) is 13.8 Å². The lowest BCUT2D eigenvalue weighted by Gasteiger charge is -2.28. The molecule has 0 spiro atoms. The van der Waals surface area contributed by atoms with Crippen LogP contribution >= 0.6 is 0 Å². The summed E-state index contributed by atoms with van der Waals surface area (Å²) < 4.78 is 0. The molecule has 5 heteroatoms. The van der Waals surface area contributed by atoms with Crippen molar-refractivity contribution < 1.29 is 4.79 Å². The van der Waals surface area contributed by atoms with E-state index in [4.69, 9.17) is 5.73 Å². The predicted molar refractivity (Wildman–Crippen MR) is 75.9 cm³/mol. The number of fused-ring (bicyclic) bond motifs is 1. The number of benzene rings is 1. The lowest BCUT2D eigenvalue weighted by Crippen LogP contribution is -2.39. The molecule has 3 N–H and O–H groups in total. The highest BCUT2D eigenvalue weighted by Gasteiger charge is 2.24. The molecule has 0 unspecified atom stereocenters. The van der Waals surface area contributed by atoms with Gasteiger partial charge in [0.1, 0.15) is 0 Å². The number of nitrogens with zero attached hydrogens (tertiary/aromatic N) is 2. The molecule has 0 radical (unpaired) electrons. The minimum absolute atomic E-state index is 0.0843. The molecule has 0 fully saturated rings. The molecule has 0 aliphatic heterocycles. The zero-order valence-corrected chi connectivity index (χ0v) is 11.6. The van der Waals surface area contributed by atoms with Crippen LogP contribution in [0.4, 0.5) is 0 Å². The molecular formula is C14H20N4O. The fourth-order valence-corrected chi connectivity index (χ4v) is 2.09. The Kier molecular flexibility index (Phi) is 3.57. The zero-order chi connectivity index (χ0) is 14.0. The van der Waals surface area contributed by atoms with Crippen molar-refractivity contribution in [1.82, 2.24) is 15.1 Å². The molecule has 0 bridgehead atoms. The van der Waals surface area contributed by atoms with Gasteiger partial charge >= 0.3 is 0 Å². The Hall–Kier alpha value is -1.88. The molecule has 0 aliphatic rings. The summed E-state index contributed by atoms with van der Waals surface area (Å²) in [5, 5.41) is 7.86. The van der Waals surface area contributed by atoms with Crippen LogP contribution in [0.3, 0.4) is 0 Å². The Morgan fingerprint density at radius 3 is 2.79 bits per heavy atom. The van der Waals surface area contributed by atoms with E-state index < -0.39 is 0 Å². The summed E-state index contributed by atoms with van der Waals surface area (Å²) in [4.78, 5) is 14.1. The van der Waals surface area contributed by atoms with Crippen LogP contribution in [0.5, 0.6) is 0 Å². The molecule has 2 rings (SSSR count). The number of aromatic nitrogens is 2. The van der Waals surface area contributed by atoms with Crippen LogP contribution in [0.15, 0.2) is 24.3 Å². The van der Waals surface area contributed by atoms with Gasteiger partial charge in [0.25, 0.3) is 5.91 Å². The number of para-hydroxylation sites is 1. The Morgan fingerprint density at radius 2 is 2.11 bits per heavy atom. The third-order valence-electron chi connectivity index (χ3n) is 3.24. The fraction of sp³-hybridized carbons (Fsp3) is 0.429. The first-order chi connectivity index (χ1) is 8.94. The SMILES string of the molecule is CN(CC(C)(C)CN)C(=O)c1n[nH]c2ccccc12. The first kappa shape index (κ1) is 13.5. The third-order valence-corrected chi connectivity index (χ3v) is 3.24. The third kappa shape index (κ3) is 2.76. The summed E-state index contributed by atoms with van der Waals surface area (Å²) in [7, 11) is 1.78. The van der Waals surface area contributed by atoms with E-state index in [1.807, 2.05) is 38.1 Å². The summed E-state index contributed by atoms with van der Waals surface area (Å²) in [6.07, 6.45) is 0. The van der Waals surface area contributed by atoms with E-state index in [9.17, 15) is 4.79 Å². The van der Waals surface area contributed by atoms with Crippen LogP contribution < -0.4 is 5.73 Å². The molecule has 102 valence electrons. The highest BCUT2D eigenvalue weighted by atomic mass is 16.2. The number of carbonyl (C=O) groups is 1. The van der Waals surface area contributed by atoms with Gasteiger partial charge in [-0.05, 0) is 18.0 Å². The molecule has 2 aromatic rings. The largest absolute Gasteiger partial charge is 0.340 e. The molecule has 0 aliphatic carbocycles. The number of carbonyl (C=O) groups excluding carboxylic acids is 1.